The van der Waals surface area contributed by atoms with Gasteiger partial charge in [-0.15, -0.1) is 0 Å². The Bertz CT molecular complexity index is 1040. The summed E-state index contributed by atoms with van der Waals surface area (Å²) in [5.41, 5.74) is -0.497. The Balaban J connectivity index is 2.01. The van der Waals surface area contributed by atoms with Crippen molar-refractivity contribution >= 4 is 17.6 Å². The third kappa shape index (κ3) is 2.75. The van der Waals surface area contributed by atoms with Gasteiger partial charge < -0.3 is 14.6 Å². The molecule has 0 fully saturated rings. The van der Waals surface area contributed by atoms with Crippen LogP contribution >= 0.6 is 0 Å². The van der Waals surface area contributed by atoms with Gasteiger partial charge in [-0.3, -0.25) is 9.69 Å². The van der Waals surface area contributed by atoms with E-state index >= 15 is 0 Å². The van der Waals surface area contributed by atoms with Crippen molar-refractivity contribution in [1.29, 1.82) is 0 Å². The van der Waals surface area contributed by atoms with Crippen molar-refractivity contribution in [1.82, 2.24) is 14.8 Å². The van der Waals surface area contributed by atoms with Crippen LogP contribution in [-0.2, 0) is 11.8 Å². The van der Waals surface area contributed by atoms with E-state index in [1.165, 1.54) is 21.7 Å². The summed E-state index contributed by atoms with van der Waals surface area (Å²) in [7, 11) is 1.54. The molecule has 4 rings (SSSR count). The molecule has 1 amide bonds. The van der Waals surface area contributed by atoms with Gasteiger partial charge in [0.2, 0.25) is 0 Å². The number of pyridine rings is 1. The molecule has 1 aliphatic carbocycles. The first-order chi connectivity index (χ1) is 13.1. The smallest absolute Gasteiger partial charge is 0.414 e. The highest BCUT2D eigenvalue weighted by Gasteiger charge is 2.43. The summed E-state index contributed by atoms with van der Waals surface area (Å²) in [6.07, 6.45) is 2.29. The molecule has 1 aromatic heterocycles. The fourth-order valence-corrected chi connectivity index (χ4v) is 3.80. The average molecular weight is 389 g/mol. The predicted molar refractivity (Wildman–Crippen MR) is 100 cm³/mol. The number of halogens is 2. The van der Waals surface area contributed by atoms with Gasteiger partial charge in [0.05, 0.1) is 17.3 Å². The van der Waals surface area contributed by atoms with E-state index in [1.54, 1.807) is 27.8 Å². The Morgan fingerprint density at radius 2 is 2.04 bits per heavy atom. The zero-order valence-corrected chi connectivity index (χ0v) is 16.1. The molecule has 6 nitrogen and oxygen atoms in total. The molecule has 0 saturated carbocycles. The Morgan fingerprint density at radius 1 is 1.32 bits per heavy atom. The number of hydrogen-bond acceptors (Lipinski definition) is 4. The number of nitrogens with zero attached hydrogens (tertiary/aromatic N) is 2. The maximum atomic E-state index is 14.9. The van der Waals surface area contributed by atoms with Crippen LogP contribution in [0.1, 0.15) is 38.3 Å². The lowest BCUT2D eigenvalue weighted by Crippen LogP contribution is -2.44. The van der Waals surface area contributed by atoms with E-state index in [-0.39, 0.29) is 28.9 Å². The molecule has 1 atom stereocenters. The summed E-state index contributed by atoms with van der Waals surface area (Å²) in [6.45, 7) is 5.42. The quantitative estimate of drug-likeness (QED) is 0.692. The van der Waals surface area contributed by atoms with E-state index in [0.717, 1.165) is 6.08 Å². The second-order valence-corrected chi connectivity index (χ2v) is 8.12. The normalized spacial score (nSPS) is 21.0. The molecule has 3 heterocycles. The molecule has 0 aromatic carbocycles. The number of ether oxygens (including phenoxy) is 1. The molecular formula is C20H21F2N3O3. The monoisotopic (exact) mass is 389 g/mol. The van der Waals surface area contributed by atoms with Crippen molar-refractivity contribution in [3.63, 3.8) is 0 Å². The summed E-state index contributed by atoms with van der Waals surface area (Å²) in [5, 5.41) is 2.70. The molecule has 148 valence electrons. The molecule has 1 unspecified atom stereocenters. The van der Waals surface area contributed by atoms with E-state index in [9.17, 15) is 18.4 Å². The number of hydrogen-bond donors (Lipinski definition) is 1. The minimum Gasteiger partial charge on any atom is -0.443 e. The van der Waals surface area contributed by atoms with Gasteiger partial charge in [-0.25, -0.2) is 9.18 Å². The molecule has 0 radical (unpaired) electrons. The maximum Gasteiger partial charge on any atom is 0.414 e. The van der Waals surface area contributed by atoms with Gasteiger partial charge in [0, 0.05) is 36.5 Å². The zero-order valence-electron chi connectivity index (χ0n) is 16.1. The van der Waals surface area contributed by atoms with Crippen molar-refractivity contribution in [2.75, 3.05) is 6.54 Å². The molecule has 1 N–H and O–H groups in total. The van der Waals surface area contributed by atoms with Crippen LogP contribution in [0.25, 0.3) is 11.5 Å². The molecule has 2 aliphatic heterocycles. The van der Waals surface area contributed by atoms with Crippen LogP contribution in [0.2, 0.25) is 0 Å². The van der Waals surface area contributed by atoms with E-state index in [0.29, 0.717) is 12.0 Å². The predicted octanol–water partition coefficient (Wildman–Crippen LogP) is 3.21. The van der Waals surface area contributed by atoms with Gasteiger partial charge in [0.25, 0.3) is 5.56 Å². The Kier molecular flexibility index (Phi) is 3.99. The first-order valence-corrected chi connectivity index (χ1v) is 9.07. The van der Waals surface area contributed by atoms with Gasteiger partial charge in [-0.1, -0.05) is 0 Å². The topological polar surface area (TPSA) is 63.6 Å². The number of fused-ring (bicyclic) bond motifs is 2. The third-order valence-electron chi connectivity index (χ3n) is 4.99. The van der Waals surface area contributed by atoms with Crippen LogP contribution in [0.3, 0.4) is 0 Å². The molecule has 28 heavy (non-hydrogen) atoms. The first-order valence-electron chi connectivity index (χ1n) is 9.07. The van der Waals surface area contributed by atoms with Crippen molar-refractivity contribution in [2.24, 2.45) is 7.05 Å². The van der Waals surface area contributed by atoms with Crippen molar-refractivity contribution in [2.45, 2.75) is 38.8 Å². The lowest BCUT2D eigenvalue weighted by atomic mass is 9.91. The van der Waals surface area contributed by atoms with Gasteiger partial charge in [-0.05, 0) is 39.3 Å². The van der Waals surface area contributed by atoms with Crippen molar-refractivity contribution in [3.05, 3.63) is 56.9 Å². The highest BCUT2D eigenvalue weighted by molar-refractivity contribution is 5.92. The van der Waals surface area contributed by atoms with Gasteiger partial charge >= 0.3 is 6.09 Å². The SMILES string of the molecule is Cn1ccc2c(c1=O)C1=C3C(=C(F)NC3CCN1C(=O)OC(C)(C)C)C=C2F. The minimum absolute atomic E-state index is 0.0315. The van der Waals surface area contributed by atoms with E-state index < -0.39 is 35.1 Å². The van der Waals surface area contributed by atoms with Gasteiger partial charge in [0.15, 0.2) is 5.95 Å². The third-order valence-corrected chi connectivity index (χ3v) is 4.99. The van der Waals surface area contributed by atoms with Crippen LogP contribution in [0.5, 0.6) is 0 Å². The summed E-state index contributed by atoms with van der Waals surface area (Å²) in [6, 6.07) is 1.02. The van der Waals surface area contributed by atoms with Crippen LogP contribution in [0.15, 0.2) is 40.2 Å². The molecule has 0 spiro atoms. The number of carbonyl (C=O) groups is 1. The molecular weight excluding hydrogens is 368 g/mol. The van der Waals surface area contributed by atoms with Gasteiger partial charge in [-0.2, -0.15) is 4.39 Å². The number of aryl methyl sites for hydroxylation is 1. The van der Waals surface area contributed by atoms with Crippen LogP contribution in [0, 0.1) is 0 Å². The van der Waals surface area contributed by atoms with Crippen LogP contribution < -0.4 is 10.9 Å². The fourth-order valence-electron chi connectivity index (χ4n) is 3.80. The number of aromatic nitrogens is 1. The van der Waals surface area contributed by atoms with E-state index in [2.05, 4.69) is 5.32 Å². The lowest BCUT2D eigenvalue weighted by Gasteiger charge is -2.35. The number of nitrogens with one attached hydrogen (secondary N) is 1. The molecule has 3 aliphatic rings. The molecule has 1 aromatic rings. The highest BCUT2D eigenvalue weighted by Crippen LogP contribution is 2.44. The first kappa shape index (κ1) is 18.5. The lowest BCUT2D eigenvalue weighted by molar-refractivity contribution is 0.0342. The highest BCUT2D eigenvalue weighted by atomic mass is 19.1. The van der Waals surface area contributed by atoms with Crippen molar-refractivity contribution < 1.29 is 18.3 Å². The Hall–Kier alpha value is -2.90. The zero-order chi connectivity index (χ0) is 20.4. The Morgan fingerprint density at radius 3 is 2.71 bits per heavy atom. The molecule has 8 heteroatoms. The van der Waals surface area contributed by atoms with Crippen molar-refractivity contribution in [3.8, 4) is 0 Å². The summed E-state index contributed by atoms with van der Waals surface area (Å²) < 4.78 is 36.3. The van der Waals surface area contributed by atoms with Crippen LogP contribution in [-0.4, -0.2) is 33.7 Å². The standard InChI is InChI=1S/C20H21F2N3O3/c1-20(2,3)28-19(27)25-8-6-13-14-11(17(22)23-13)9-12(21)10-5-7-24(4)18(26)15(10)16(14)25/h5,7,9,13,23H,6,8H2,1-4H3. The molecule has 0 bridgehead atoms. The second-order valence-electron chi connectivity index (χ2n) is 8.12. The number of allylic oxidation sites excluding steroid dienone is 1. The van der Waals surface area contributed by atoms with Gasteiger partial charge in [0.1, 0.15) is 11.4 Å². The fraction of sp³-hybridized carbons (Fsp3) is 0.400. The summed E-state index contributed by atoms with van der Waals surface area (Å²) in [5.74, 6) is -1.39. The summed E-state index contributed by atoms with van der Waals surface area (Å²) in [4.78, 5) is 27.2. The average Bonchev–Trinajstić information content (AvgIpc) is 2.82. The number of rotatable bonds is 0. The minimum atomic E-state index is -0.754. The molecule has 0 saturated heterocycles. The van der Waals surface area contributed by atoms with E-state index in [4.69, 9.17) is 4.74 Å². The Labute approximate surface area is 160 Å². The number of amides is 1. The van der Waals surface area contributed by atoms with E-state index in [1.807, 2.05) is 0 Å². The summed E-state index contributed by atoms with van der Waals surface area (Å²) >= 11 is 0. The van der Waals surface area contributed by atoms with Crippen LogP contribution in [0.4, 0.5) is 13.6 Å². The second kappa shape index (κ2) is 6.05. The number of carbonyl (C=O) groups excluding carboxylic acids is 1. The maximum absolute atomic E-state index is 14.9. The largest absolute Gasteiger partial charge is 0.443 e.